The topological polar surface area (TPSA) is 133 Å². The number of hydrogen-bond acceptors (Lipinski definition) is 8. The number of rotatable bonds is 18. The van der Waals surface area contributed by atoms with Crippen molar-refractivity contribution in [1.82, 2.24) is 20.5 Å². The predicted molar refractivity (Wildman–Crippen MR) is 236 cm³/mol. The number of nitrogens with one attached hydrogen (secondary N) is 3. The molecule has 1 saturated heterocycles. The van der Waals surface area contributed by atoms with E-state index in [4.69, 9.17) is 9.47 Å². The van der Waals surface area contributed by atoms with E-state index in [1.165, 1.54) is 29.8 Å². The zero-order chi connectivity index (χ0) is 44.2. The summed E-state index contributed by atoms with van der Waals surface area (Å²) in [5.41, 5.74) is 2.53. The number of pyridine rings is 1. The number of hydrogen-bond donors (Lipinski definition) is 4. The van der Waals surface area contributed by atoms with E-state index < -0.39 is 23.6 Å². The Morgan fingerprint density at radius 2 is 1.56 bits per heavy atom. The maximum Gasteiger partial charge on any atom is 0.416 e. The Hall–Kier alpha value is -6.44. The largest absolute Gasteiger partial charge is 0.506 e. The van der Waals surface area contributed by atoms with Crippen LogP contribution in [0.15, 0.2) is 132 Å². The molecule has 0 aliphatic carbocycles. The third kappa shape index (κ3) is 12.1. The highest BCUT2D eigenvalue weighted by Crippen LogP contribution is 2.34. The lowest BCUT2D eigenvalue weighted by Gasteiger charge is -2.32. The van der Waals surface area contributed by atoms with Gasteiger partial charge in [0.05, 0.1) is 24.3 Å². The molecular formula is C50H51F3N4O6. The van der Waals surface area contributed by atoms with E-state index >= 15 is 0 Å². The molecule has 5 aromatic carbocycles. The van der Waals surface area contributed by atoms with Crippen molar-refractivity contribution in [3.05, 3.63) is 177 Å². The third-order valence-electron chi connectivity index (χ3n) is 11.4. The van der Waals surface area contributed by atoms with Crippen LogP contribution in [0.25, 0.3) is 10.9 Å². The fraction of sp³-hybridized carbons (Fsp3) is 0.300. The first-order valence-corrected chi connectivity index (χ1v) is 21.3. The summed E-state index contributed by atoms with van der Waals surface area (Å²) in [5.74, 6) is -0.874. The van der Waals surface area contributed by atoms with Crippen LogP contribution < -0.4 is 20.9 Å². The highest BCUT2D eigenvalue weighted by atomic mass is 19.4. The zero-order valence-corrected chi connectivity index (χ0v) is 34.8. The van der Waals surface area contributed by atoms with Gasteiger partial charge in [0.2, 0.25) is 5.56 Å². The van der Waals surface area contributed by atoms with Crippen LogP contribution in [0.4, 0.5) is 13.2 Å². The maximum atomic E-state index is 14.2. The van der Waals surface area contributed by atoms with Gasteiger partial charge in [-0.25, -0.2) is 0 Å². The highest BCUT2D eigenvalue weighted by molar-refractivity contribution is 5.94. The monoisotopic (exact) mass is 860 g/mol. The lowest BCUT2D eigenvalue weighted by atomic mass is 9.91. The van der Waals surface area contributed by atoms with Crippen molar-refractivity contribution in [3.8, 4) is 11.5 Å². The van der Waals surface area contributed by atoms with Crippen molar-refractivity contribution in [2.45, 2.75) is 50.9 Å². The number of H-pyrrole nitrogens is 1. The fourth-order valence-corrected chi connectivity index (χ4v) is 7.99. The third-order valence-corrected chi connectivity index (χ3v) is 11.4. The highest BCUT2D eigenvalue weighted by Gasteiger charge is 2.34. The molecule has 13 heteroatoms. The van der Waals surface area contributed by atoms with E-state index in [1.54, 1.807) is 18.2 Å². The van der Waals surface area contributed by atoms with E-state index in [0.29, 0.717) is 42.6 Å². The molecule has 0 spiro atoms. The predicted octanol–water partition coefficient (Wildman–Crippen LogP) is 8.37. The molecule has 0 radical (unpaired) electrons. The molecule has 0 bridgehead atoms. The van der Waals surface area contributed by atoms with E-state index in [-0.39, 0.29) is 54.0 Å². The number of halogens is 3. The summed E-state index contributed by atoms with van der Waals surface area (Å²) in [6.45, 7) is 3.76. The summed E-state index contributed by atoms with van der Waals surface area (Å²) in [7, 11) is 0. The molecule has 2 heterocycles. The van der Waals surface area contributed by atoms with Crippen molar-refractivity contribution in [2.24, 2.45) is 5.92 Å². The molecule has 10 nitrogen and oxygen atoms in total. The molecule has 1 atom stereocenters. The average Bonchev–Trinajstić information content (AvgIpc) is 3.29. The number of alkyl halides is 3. The summed E-state index contributed by atoms with van der Waals surface area (Å²) >= 11 is 0. The molecule has 1 aliphatic rings. The van der Waals surface area contributed by atoms with E-state index in [2.05, 4.69) is 44.8 Å². The quantitative estimate of drug-likeness (QED) is 0.0501. The summed E-state index contributed by atoms with van der Waals surface area (Å²) in [5, 5.41) is 16.5. The molecule has 0 saturated carbocycles. The lowest BCUT2D eigenvalue weighted by molar-refractivity contribution is -0.146. The van der Waals surface area contributed by atoms with Crippen molar-refractivity contribution >= 4 is 22.8 Å². The van der Waals surface area contributed by atoms with E-state index in [1.807, 2.05) is 54.6 Å². The number of aromatic hydroxyl groups is 1. The van der Waals surface area contributed by atoms with Crippen LogP contribution in [0, 0.1) is 5.92 Å². The normalized spacial score (nSPS) is 14.0. The van der Waals surface area contributed by atoms with Gasteiger partial charge in [0.15, 0.2) is 0 Å². The van der Waals surface area contributed by atoms with E-state index in [0.717, 1.165) is 55.2 Å². The number of esters is 1. The van der Waals surface area contributed by atoms with Gasteiger partial charge in [0.25, 0.3) is 5.91 Å². The Kier molecular flexibility index (Phi) is 14.9. The number of nitrogens with zero attached hydrogens (tertiary/aromatic N) is 1. The minimum atomic E-state index is -4.69. The zero-order valence-electron chi connectivity index (χ0n) is 34.8. The van der Waals surface area contributed by atoms with Crippen molar-refractivity contribution < 1.29 is 37.3 Å². The van der Waals surface area contributed by atoms with Gasteiger partial charge in [-0.1, -0.05) is 84.9 Å². The van der Waals surface area contributed by atoms with E-state index in [9.17, 15) is 32.7 Å². The van der Waals surface area contributed by atoms with Gasteiger partial charge in [-0.3, -0.25) is 19.3 Å². The first-order valence-electron chi connectivity index (χ1n) is 21.3. The minimum absolute atomic E-state index is 0.00669. The smallest absolute Gasteiger partial charge is 0.416 e. The molecule has 4 N–H and O–H groups in total. The van der Waals surface area contributed by atoms with Crippen LogP contribution in [-0.2, 0) is 35.2 Å². The van der Waals surface area contributed by atoms with Gasteiger partial charge >= 0.3 is 12.1 Å². The Morgan fingerprint density at radius 1 is 0.825 bits per heavy atom. The van der Waals surface area contributed by atoms with Crippen LogP contribution in [0.2, 0.25) is 0 Å². The van der Waals surface area contributed by atoms with Crippen LogP contribution in [0.3, 0.4) is 0 Å². The van der Waals surface area contributed by atoms with Gasteiger partial charge in [-0.05, 0) is 115 Å². The number of aromatic amines is 1. The number of likely N-dealkylation sites (tertiary alicyclic amines) is 1. The van der Waals surface area contributed by atoms with Gasteiger partial charge in [-0.15, -0.1) is 0 Å². The second-order valence-electron chi connectivity index (χ2n) is 15.9. The number of carbonyl (C=O) groups excluding carboxylic acids is 2. The molecule has 1 fully saturated rings. The number of aromatic nitrogens is 1. The van der Waals surface area contributed by atoms with Crippen LogP contribution in [-0.4, -0.2) is 66.3 Å². The molecule has 1 amide bonds. The fourth-order valence-electron chi connectivity index (χ4n) is 7.99. The summed E-state index contributed by atoms with van der Waals surface area (Å²) in [6.07, 6.45) is -1.97. The van der Waals surface area contributed by atoms with Gasteiger partial charge in [0.1, 0.15) is 17.4 Å². The molecule has 328 valence electrons. The number of carbonyl (C=O) groups is 2. The second-order valence-corrected chi connectivity index (χ2v) is 15.9. The van der Waals surface area contributed by atoms with Gasteiger partial charge < -0.3 is 30.2 Å². The number of benzene rings is 5. The summed E-state index contributed by atoms with van der Waals surface area (Å²) < 4.78 is 54.5. The van der Waals surface area contributed by atoms with Crippen LogP contribution >= 0.6 is 0 Å². The molecule has 1 aromatic heterocycles. The number of phenolic OH excluding ortho intramolecular Hbond substituents is 1. The number of piperidine rings is 1. The minimum Gasteiger partial charge on any atom is -0.506 e. The van der Waals surface area contributed by atoms with Crippen molar-refractivity contribution in [1.29, 1.82) is 0 Å². The molecular weight excluding hydrogens is 810 g/mol. The summed E-state index contributed by atoms with van der Waals surface area (Å²) in [6, 6.07) is 36.8. The Bertz CT molecular complexity index is 2520. The molecule has 63 heavy (non-hydrogen) atoms. The van der Waals surface area contributed by atoms with Crippen molar-refractivity contribution in [3.63, 3.8) is 0 Å². The Labute approximate surface area is 364 Å². The first kappa shape index (κ1) is 44.6. The Balaban J connectivity index is 0.880. The Morgan fingerprint density at radius 3 is 2.32 bits per heavy atom. The lowest BCUT2D eigenvalue weighted by Crippen LogP contribution is -2.35. The number of phenols is 1. The standard InChI is InChI=1S/C50H51F3N4O6/c51-50(52,53)43-30-39(15-16-40(43)31-54-25-21-36-17-19-44(58)47-42(36)18-20-45(59)56-47)48(60)55-24-8-28-62-41-14-7-13-38(29-41)46(37-11-5-2-6-12-37)49(61)63-33-35-22-26-57(27-23-35)32-34-9-3-1-4-10-34/h1-7,9-20,29-30,35,46,54,58H,8,21-28,31-33H2,(H,55,60)(H,56,59). The second kappa shape index (κ2) is 21.1. The van der Waals surface area contributed by atoms with Gasteiger partial charge in [-0.2, -0.15) is 13.2 Å². The SMILES string of the molecule is O=C(NCCCOc1cccc(C(C(=O)OCC2CCN(Cc3ccccc3)CC2)c2ccccc2)c1)c1ccc(CNCCc2ccc(O)c3[nH]c(=O)ccc23)c(C(F)(F)F)c1. The first-order chi connectivity index (χ1) is 30.5. The molecule has 1 aliphatic heterocycles. The molecule has 6 aromatic rings. The van der Waals surface area contributed by atoms with Gasteiger partial charge in [0, 0.05) is 36.7 Å². The average molecular weight is 861 g/mol. The van der Waals surface area contributed by atoms with Crippen LogP contribution in [0.5, 0.6) is 11.5 Å². The summed E-state index contributed by atoms with van der Waals surface area (Å²) in [4.78, 5) is 43.5. The molecule has 7 rings (SSSR count). The van der Waals surface area contributed by atoms with Crippen LogP contribution in [0.1, 0.15) is 68.9 Å². The number of fused-ring (bicyclic) bond motifs is 1. The number of ether oxygens (including phenoxy) is 2. The maximum absolute atomic E-state index is 14.2. The number of amides is 1. The molecule has 1 unspecified atom stereocenters. The van der Waals surface area contributed by atoms with Crippen molar-refractivity contribution in [2.75, 3.05) is 39.4 Å².